The molecule has 0 radical (unpaired) electrons. The average molecular weight is 337 g/mol. The lowest BCUT2D eigenvalue weighted by Crippen LogP contribution is -2.51. The van der Waals surface area contributed by atoms with E-state index < -0.39 is 6.04 Å². The summed E-state index contributed by atoms with van der Waals surface area (Å²) in [5.41, 5.74) is 0.709. The molecule has 7 heteroatoms. The maximum Gasteiger partial charge on any atom is 0.327 e. The fourth-order valence-corrected chi connectivity index (χ4v) is 2.89. The molecule has 1 saturated heterocycles. The highest BCUT2D eigenvalue weighted by Gasteiger charge is 2.31. The van der Waals surface area contributed by atoms with Crippen molar-refractivity contribution in [2.24, 2.45) is 0 Å². The van der Waals surface area contributed by atoms with E-state index >= 15 is 0 Å². The summed E-state index contributed by atoms with van der Waals surface area (Å²) in [6.07, 6.45) is 0. The van der Waals surface area contributed by atoms with Gasteiger partial charge in [0.2, 0.25) is 5.91 Å². The molecule has 2 rings (SSSR count). The lowest BCUT2D eigenvalue weighted by Gasteiger charge is -2.37. The van der Waals surface area contributed by atoms with Gasteiger partial charge >= 0.3 is 5.97 Å². The third kappa shape index (κ3) is 4.75. The van der Waals surface area contributed by atoms with Crippen LogP contribution in [0.3, 0.4) is 0 Å². The zero-order valence-electron chi connectivity index (χ0n) is 14.1. The summed E-state index contributed by atoms with van der Waals surface area (Å²) in [5.74, 6) is -0.693. The van der Waals surface area contributed by atoms with Gasteiger partial charge in [0.15, 0.2) is 0 Å². The van der Waals surface area contributed by atoms with Gasteiger partial charge in [0.25, 0.3) is 0 Å². The first kappa shape index (κ1) is 18.4. The summed E-state index contributed by atoms with van der Waals surface area (Å²) in [6.45, 7) is 5.51. The highest BCUT2D eigenvalue weighted by molar-refractivity contribution is 5.78. The lowest BCUT2D eigenvalue weighted by atomic mass is 10.0. The average Bonchev–Trinajstić information content (AvgIpc) is 2.58. The molecule has 0 bridgehead atoms. The van der Waals surface area contributed by atoms with Crippen molar-refractivity contribution in [1.29, 1.82) is 0 Å². The number of amides is 1. The molecule has 6 nitrogen and oxygen atoms in total. The van der Waals surface area contributed by atoms with Gasteiger partial charge in [-0.05, 0) is 24.6 Å². The molecule has 1 fully saturated rings. The smallest absolute Gasteiger partial charge is 0.327 e. The molecule has 1 aromatic carbocycles. The largest absolute Gasteiger partial charge is 0.468 e. The van der Waals surface area contributed by atoms with Gasteiger partial charge in [-0.3, -0.25) is 14.6 Å². The predicted molar refractivity (Wildman–Crippen MR) is 87.9 cm³/mol. The van der Waals surface area contributed by atoms with E-state index in [-0.39, 0.29) is 17.7 Å². The van der Waals surface area contributed by atoms with Crippen LogP contribution in [-0.2, 0) is 14.3 Å². The first-order chi connectivity index (χ1) is 11.5. The predicted octanol–water partition coefficient (Wildman–Crippen LogP) is 0.794. The fourth-order valence-electron chi connectivity index (χ4n) is 2.89. The Morgan fingerprint density at radius 1 is 1.21 bits per heavy atom. The molecule has 1 aromatic rings. The maximum absolute atomic E-state index is 13.1. The van der Waals surface area contributed by atoms with E-state index in [0.717, 1.165) is 0 Å². The number of piperazine rings is 1. The van der Waals surface area contributed by atoms with Crippen LogP contribution in [0.5, 0.6) is 0 Å². The van der Waals surface area contributed by atoms with E-state index in [1.807, 2.05) is 11.8 Å². The fraction of sp³-hybridized carbons (Fsp3) is 0.529. The second-order valence-electron chi connectivity index (χ2n) is 5.74. The summed E-state index contributed by atoms with van der Waals surface area (Å²) >= 11 is 0. The highest BCUT2D eigenvalue weighted by Crippen LogP contribution is 2.24. The summed E-state index contributed by atoms with van der Waals surface area (Å²) in [4.78, 5) is 27.9. The number of hydrogen-bond acceptors (Lipinski definition) is 5. The second-order valence-corrected chi connectivity index (χ2v) is 5.74. The second kappa shape index (κ2) is 8.75. The normalized spacial score (nSPS) is 17.3. The Balaban J connectivity index is 2.01. The molecule has 0 unspecified atom stereocenters. The topological polar surface area (TPSA) is 61.9 Å². The van der Waals surface area contributed by atoms with Crippen LogP contribution in [0, 0.1) is 5.82 Å². The van der Waals surface area contributed by atoms with Crippen molar-refractivity contribution in [2.45, 2.75) is 13.0 Å². The number of carbonyl (C=O) groups excluding carboxylic acids is 2. The van der Waals surface area contributed by atoms with Crippen LogP contribution in [-0.4, -0.2) is 68.1 Å². The standard InChI is InChI=1S/C17H24FN3O3/c1-3-19-15(22)12-20-8-10-21(11-9-20)16(17(23)24-2)13-4-6-14(18)7-5-13/h4-7,16H,3,8-12H2,1-2H3,(H,19,22)/t16-/m0/s1. The molecule has 0 saturated carbocycles. The van der Waals surface area contributed by atoms with Crippen LogP contribution < -0.4 is 5.32 Å². The van der Waals surface area contributed by atoms with Crippen molar-refractivity contribution in [3.63, 3.8) is 0 Å². The first-order valence-corrected chi connectivity index (χ1v) is 8.11. The van der Waals surface area contributed by atoms with E-state index in [1.54, 1.807) is 12.1 Å². The number of halogens is 1. The quantitative estimate of drug-likeness (QED) is 0.778. The van der Waals surface area contributed by atoms with Gasteiger partial charge in [0.05, 0.1) is 13.7 Å². The van der Waals surface area contributed by atoms with Crippen LogP contribution >= 0.6 is 0 Å². The highest BCUT2D eigenvalue weighted by atomic mass is 19.1. The van der Waals surface area contributed by atoms with Crippen molar-refractivity contribution in [3.05, 3.63) is 35.6 Å². The third-order valence-corrected chi connectivity index (χ3v) is 4.12. The third-order valence-electron chi connectivity index (χ3n) is 4.12. The Hall–Kier alpha value is -1.99. The van der Waals surface area contributed by atoms with Gasteiger partial charge in [-0.15, -0.1) is 0 Å². The number of hydrogen-bond donors (Lipinski definition) is 1. The summed E-state index contributed by atoms with van der Waals surface area (Å²) in [5, 5.41) is 2.78. The van der Waals surface area contributed by atoms with Crippen molar-refractivity contribution >= 4 is 11.9 Å². The van der Waals surface area contributed by atoms with E-state index in [1.165, 1.54) is 19.2 Å². The molecule has 1 heterocycles. The molecule has 1 amide bonds. The summed E-state index contributed by atoms with van der Waals surface area (Å²) in [7, 11) is 1.35. The molecule has 1 N–H and O–H groups in total. The Bertz CT molecular complexity index is 557. The van der Waals surface area contributed by atoms with Crippen molar-refractivity contribution < 1.29 is 18.7 Å². The number of rotatable bonds is 6. The molecule has 1 aliphatic heterocycles. The zero-order valence-corrected chi connectivity index (χ0v) is 14.1. The molecule has 24 heavy (non-hydrogen) atoms. The van der Waals surface area contributed by atoms with Gasteiger partial charge in [-0.1, -0.05) is 12.1 Å². The van der Waals surface area contributed by atoms with Crippen molar-refractivity contribution in [2.75, 3.05) is 46.4 Å². The minimum absolute atomic E-state index is 0.00834. The van der Waals surface area contributed by atoms with Crippen molar-refractivity contribution in [3.8, 4) is 0 Å². The summed E-state index contributed by atoms with van der Waals surface area (Å²) < 4.78 is 18.1. The number of ether oxygens (including phenoxy) is 1. The SMILES string of the molecule is CCNC(=O)CN1CCN([C@H](C(=O)OC)c2ccc(F)cc2)CC1. The molecular weight excluding hydrogens is 313 g/mol. The van der Waals surface area contributed by atoms with Crippen molar-refractivity contribution in [1.82, 2.24) is 15.1 Å². The van der Waals surface area contributed by atoms with Crippen LogP contribution in [0.2, 0.25) is 0 Å². The van der Waals surface area contributed by atoms with Crippen LogP contribution in [0.25, 0.3) is 0 Å². The Labute approximate surface area is 141 Å². The van der Waals surface area contributed by atoms with E-state index in [0.29, 0.717) is 44.8 Å². The molecule has 1 aliphatic rings. The summed E-state index contributed by atoms with van der Waals surface area (Å²) in [6, 6.07) is 5.35. The van der Waals surface area contributed by atoms with Gasteiger partial charge in [0, 0.05) is 32.7 Å². The molecule has 132 valence electrons. The monoisotopic (exact) mass is 337 g/mol. The van der Waals surface area contributed by atoms with Crippen LogP contribution in [0.1, 0.15) is 18.5 Å². The lowest BCUT2D eigenvalue weighted by molar-refractivity contribution is -0.148. The Morgan fingerprint density at radius 3 is 2.38 bits per heavy atom. The molecule has 0 aliphatic carbocycles. The van der Waals surface area contributed by atoms with Gasteiger partial charge in [-0.25, -0.2) is 9.18 Å². The molecule has 1 atom stereocenters. The van der Waals surface area contributed by atoms with E-state index in [9.17, 15) is 14.0 Å². The van der Waals surface area contributed by atoms with Gasteiger partial charge < -0.3 is 10.1 Å². The van der Waals surface area contributed by atoms with Crippen LogP contribution in [0.4, 0.5) is 4.39 Å². The maximum atomic E-state index is 13.1. The van der Waals surface area contributed by atoms with E-state index in [2.05, 4.69) is 10.2 Å². The number of nitrogens with zero attached hydrogens (tertiary/aromatic N) is 2. The Morgan fingerprint density at radius 2 is 1.83 bits per heavy atom. The minimum atomic E-state index is -0.554. The number of nitrogens with one attached hydrogen (secondary N) is 1. The number of carbonyl (C=O) groups is 2. The number of benzene rings is 1. The molecular formula is C17H24FN3O3. The molecule has 0 spiro atoms. The number of likely N-dealkylation sites (N-methyl/N-ethyl adjacent to an activating group) is 1. The number of esters is 1. The molecule has 0 aromatic heterocycles. The minimum Gasteiger partial charge on any atom is -0.468 e. The van der Waals surface area contributed by atoms with E-state index in [4.69, 9.17) is 4.74 Å². The van der Waals surface area contributed by atoms with Gasteiger partial charge in [-0.2, -0.15) is 0 Å². The Kier molecular flexibility index (Phi) is 6.69. The van der Waals surface area contributed by atoms with Gasteiger partial charge in [0.1, 0.15) is 11.9 Å². The first-order valence-electron chi connectivity index (χ1n) is 8.11. The van der Waals surface area contributed by atoms with Crippen LogP contribution in [0.15, 0.2) is 24.3 Å². The number of methoxy groups -OCH3 is 1. The zero-order chi connectivity index (χ0) is 17.5.